The van der Waals surface area contributed by atoms with E-state index in [-0.39, 0.29) is 12.1 Å². The minimum Gasteiger partial charge on any atom is -0.497 e. The summed E-state index contributed by atoms with van der Waals surface area (Å²) in [6, 6.07) is 16.7. The van der Waals surface area contributed by atoms with Gasteiger partial charge in [-0.05, 0) is 61.0 Å². The predicted molar refractivity (Wildman–Crippen MR) is 151 cm³/mol. The molecule has 1 unspecified atom stereocenters. The van der Waals surface area contributed by atoms with Crippen LogP contribution in [0.5, 0.6) is 11.5 Å². The number of hydrogen-bond donors (Lipinski definition) is 1. The van der Waals surface area contributed by atoms with Crippen LogP contribution in [-0.2, 0) is 19.5 Å². The minimum absolute atomic E-state index is 0.216. The second kappa shape index (κ2) is 10.0. The van der Waals surface area contributed by atoms with Gasteiger partial charge in [-0.2, -0.15) is 0 Å². The van der Waals surface area contributed by atoms with E-state index in [2.05, 4.69) is 40.2 Å². The number of halogens is 1. The van der Waals surface area contributed by atoms with Crippen molar-refractivity contribution in [2.75, 3.05) is 33.1 Å². The fourth-order valence-corrected chi connectivity index (χ4v) is 7.11. The Morgan fingerprint density at radius 3 is 2.71 bits per heavy atom. The average molecular weight is 549 g/mol. The van der Waals surface area contributed by atoms with Gasteiger partial charge < -0.3 is 29.2 Å². The normalized spacial score (nSPS) is 16.7. The lowest BCUT2D eigenvalue weighted by Gasteiger charge is -2.32. The Morgan fingerprint density at radius 1 is 1.05 bits per heavy atom. The van der Waals surface area contributed by atoms with E-state index >= 15 is 0 Å². The summed E-state index contributed by atoms with van der Waals surface area (Å²) in [5.41, 5.74) is 5.15. The molecule has 2 aliphatic heterocycles. The Balaban J connectivity index is 1.48. The van der Waals surface area contributed by atoms with Crippen molar-refractivity contribution in [2.24, 2.45) is 0 Å². The number of benzene rings is 2. The molecule has 2 aromatic heterocycles. The van der Waals surface area contributed by atoms with Crippen LogP contribution in [0.4, 0.5) is 10.5 Å². The van der Waals surface area contributed by atoms with Gasteiger partial charge in [-0.3, -0.25) is 0 Å². The Labute approximate surface area is 231 Å². The van der Waals surface area contributed by atoms with Crippen molar-refractivity contribution in [1.29, 1.82) is 0 Å². The zero-order chi connectivity index (χ0) is 26.4. The maximum Gasteiger partial charge on any atom is 0.323 e. The van der Waals surface area contributed by atoms with Gasteiger partial charge in [0.15, 0.2) is 0 Å². The van der Waals surface area contributed by atoms with Gasteiger partial charge in [-0.25, -0.2) is 4.79 Å². The van der Waals surface area contributed by atoms with E-state index in [1.807, 2.05) is 46.6 Å². The summed E-state index contributed by atoms with van der Waals surface area (Å²) >= 11 is 8.28. The zero-order valence-electron chi connectivity index (χ0n) is 21.5. The number of amides is 2. The molecule has 0 saturated carbocycles. The molecule has 6 rings (SSSR count). The molecule has 0 fully saturated rings. The first-order valence-corrected chi connectivity index (χ1v) is 13.7. The summed E-state index contributed by atoms with van der Waals surface area (Å²) in [4.78, 5) is 19.8. The van der Waals surface area contributed by atoms with E-state index in [1.165, 1.54) is 21.0 Å². The van der Waals surface area contributed by atoms with Crippen molar-refractivity contribution in [2.45, 2.75) is 25.6 Å². The maximum absolute atomic E-state index is 14.2. The minimum atomic E-state index is -0.338. The number of thiophene rings is 1. The third-order valence-electron chi connectivity index (χ3n) is 7.33. The molecule has 0 aliphatic carbocycles. The molecular weight excluding hydrogens is 520 g/mol. The molecule has 38 heavy (non-hydrogen) atoms. The summed E-state index contributed by atoms with van der Waals surface area (Å²) in [6.45, 7) is 2.41. The number of aromatic nitrogens is 1. The van der Waals surface area contributed by atoms with E-state index in [0.717, 1.165) is 30.8 Å². The third-order valence-corrected chi connectivity index (χ3v) is 8.82. The quantitative estimate of drug-likeness (QED) is 0.323. The number of fused-ring (bicyclic) bond motifs is 5. The van der Waals surface area contributed by atoms with Gasteiger partial charge in [0.25, 0.3) is 0 Å². The molecule has 4 aromatic rings. The second-order valence-electron chi connectivity index (χ2n) is 9.66. The number of anilines is 1. The van der Waals surface area contributed by atoms with Crippen LogP contribution >= 0.6 is 22.9 Å². The third kappa shape index (κ3) is 4.32. The van der Waals surface area contributed by atoms with Gasteiger partial charge in [-0.15, -0.1) is 11.3 Å². The number of hydrogen-bond acceptors (Lipinski definition) is 5. The fourth-order valence-electron chi connectivity index (χ4n) is 5.47. The standard InChI is InChI=1S/C29H29ClN4O3S/c1-32-13-11-21-22-16-34(29(35)31-23-10-9-20(36-2)15-25(23)37-3)27(18-6-4-7-19(30)14-18)24-8-5-12-33(24)28(22)38-26(21)17-32/h4-10,12,14-15,27H,11,13,16-17H2,1-3H3,(H,31,35). The van der Waals surface area contributed by atoms with Crippen molar-refractivity contribution in [3.8, 4) is 16.5 Å². The molecule has 7 nitrogen and oxygen atoms in total. The van der Waals surface area contributed by atoms with Crippen molar-refractivity contribution in [3.63, 3.8) is 0 Å². The Bertz CT molecular complexity index is 1510. The summed E-state index contributed by atoms with van der Waals surface area (Å²) in [6.07, 6.45) is 3.07. The maximum atomic E-state index is 14.2. The lowest BCUT2D eigenvalue weighted by molar-refractivity contribution is 0.194. The van der Waals surface area contributed by atoms with Crippen LogP contribution in [0.1, 0.15) is 33.3 Å². The Kier molecular flexibility index (Phi) is 6.55. The number of nitrogens with zero attached hydrogens (tertiary/aromatic N) is 3. The molecule has 0 radical (unpaired) electrons. The molecule has 0 bridgehead atoms. The Hall–Kier alpha value is -3.46. The van der Waals surface area contributed by atoms with Crippen molar-refractivity contribution < 1.29 is 14.3 Å². The molecule has 2 amide bonds. The van der Waals surface area contributed by atoms with Gasteiger partial charge in [0, 0.05) is 40.8 Å². The van der Waals surface area contributed by atoms with E-state index in [4.69, 9.17) is 21.1 Å². The SMILES string of the molecule is COc1ccc(NC(=O)N2Cc3c(sc4c3CCN(C)C4)-n3cccc3C2c2cccc(Cl)c2)c(OC)c1. The van der Waals surface area contributed by atoms with Crippen LogP contribution < -0.4 is 14.8 Å². The fraction of sp³-hybridized carbons (Fsp3) is 0.276. The molecule has 0 saturated heterocycles. The predicted octanol–water partition coefficient (Wildman–Crippen LogP) is 6.33. The number of carbonyl (C=O) groups is 1. The van der Waals surface area contributed by atoms with Crippen LogP contribution in [0.25, 0.3) is 5.00 Å². The molecule has 9 heteroatoms. The highest BCUT2D eigenvalue weighted by Gasteiger charge is 2.36. The zero-order valence-corrected chi connectivity index (χ0v) is 23.1. The first kappa shape index (κ1) is 24.9. The average Bonchev–Trinajstić information content (AvgIpc) is 3.50. The summed E-state index contributed by atoms with van der Waals surface area (Å²) in [5, 5.41) is 4.94. The summed E-state index contributed by atoms with van der Waals surface area (Å²) < 4.78 is 13.2. The number of rotatable bonds is 4. The molecule has 2 aromatic carbocycles. The molecule has 1 atom stereocenters. The van der Waals surface area contributed by atoms with Crippen LogP contribution in [0.15, 0.2) is 60.8 Å². The number of nitrogens with one attached hydrogen (secondary N) is 1. The number of likely N-dealkylation sites (N-methyl/N-ethyl adjacent to an activating group) is 1. The second-order valence-corrected chi connectivity index (χ2v) is 11.2. The Morgan fingerprint density at radius 2 is 1.92 bits per heavy atom. The van der Waals surface area contributed by atoms with E-state index in [0.29, 0.717) is 28.8 Å². The molecule has 2 aliphatic rings. The van der Waals surface area contributed by atoms with E-state index in [1.54, 1.807) is 26.4 Å². The summed E-state index contributed by atoms with van der Waals surface area (Å²) in [7, 11) is 5.34. The largest absolute Gasteiger partial charge is 0.497 e. The van der Waals surface area contributed by atoms with Crippen molar-refractivity contribution in [3.05, 3.63) is 93.1 Å². The highest BCUT2D eigenvalue weighted by atomic mass is 35.5. The highest BCUT2D eigenvalue weighted by Crippen LogP contribution is 2.44. The molecular formula is C29H29ClN4O3S. The lowest BCUT2D eigenvalue weighted by atomic mass is 10.0. The topological polar surface area (TPSA) is 59.0 Å². The first-order chi connectivity index (χ1) is 18.5. The van der Waals surface area contributed by atoms with Crippen molar-refractivity contribution >= 4 is 34.7 Å². The van der Waals surface area contributed by atoms with Crippen molar-refractivity contribution in [1.82, 2.24) is 14.4 Å². The smallest absolute Gasteiger partial charge is 0.323 e. The van der Waals surface area contributed by atoms with E-state index in [9.17, 15) is 4.79 Å². The molecule has 1 N–H and O–H groups in total. The van der Waals surface area contributed by atoms with Crippen LogP contribution in [0.3, 0.4) is 0 Å². The van der Waals surface area contributed by atoms with E-state index < -0.39 is 0 Å². The van der Waals surface area contributed by atoms with Gasteiger partial charge in [0.05, 0.1) is 38.2 Å². The van der Waals surface area contributed by atoms with Crippen LogP contribution in [-0.4, -0.2) is 48.2 Å². The summed E-state index contributed by atoms with van der Waals surface area (Å²) in [5.74, 6) is 1.19. The molecule has 196 valence electrons. The van der Waals surface area contributed by atoms with Gasteiger partial charge in [-0.1, -0.05) is 23.7 Å². The molecule has 4 heterocycles. The van der Waals surface area contributed by atoms with Crippen LogP contribution in [0.2, 0.25) is 5.02 Å². The lowest BCUT2D eigenvalue weighted by Crippen LogP contribution is -2.38. The first-order valence-electron chi connectivity index (χ1n) is 12.5. The van der Waals surface area contributed by atoms with Crippen LogP contribution in [0, 0.1) is 0 Å². The van der Waals surface area contributed by atoms with Gasteiger partial charge >= 0.3 is 6.03 Å². The number of ether oxygens (including phenoxy) is 2. The van der Waals surface area contributed by atoms with Gasteiger partial charge in [0.1, 0.15) is 16.5 Å². The number of methoxy groups -OCH3 is 2. The number of urea groups is 1. The highest BCUT2D eigenvalue weighted by molar-refractivity contribution is 7.15. The monoisotopic (exact) mass is 548 g/mol. The molecule has 0 spiro atoms. The number of carbonyl (C=O) groups excluding carboxylic acids is 1. The van der Waals surface area contributed by atoms with Gasteiger partial charge in [0.2, 0.25) is 0 Å².